The summed E-state index contributed by atoms with van der Waals surface area (Å²) in [6.07, 6.45) is 0. The number of carbonyl (C=O) groups excluding carboxylic acids is 1. The Morgan fingerprint density at radius 2 is 1.72 bits per heavy atom. The molecule has 0 aliphatic rings. The van der Waals surface area contributed by atoms with E-state index in [1.165, 1.54) is 18.2 Å². The van der Waals surface area contributed by atoms with Gasteiger partial charge in [-0.2, -0.15) is 0 Å². The van der Waals surface area contributed by atoms with Crippen LogP contribution in [0, 0.1) is 12.7 Å². The number of anilines is 1. The van der Waals surface area contributed by atoms with E-state index in [-0.39, 0.29) is 27.1 Å². The van der Waals surface area contributed by atoms with Gasteiger partial charge in [-0.1, -0.05) is 11.6 Å². The maximum atomic E-state index is 13.1. The number of carbonyl (C=O) groups is 2. The minimum absolute atomic E-state index is 0.0155. The average Bonchev–Trinajstić information content (AvgIpc) is 2.72. The molecule has 32 heavy (non-hydrogen) atoms. The highest BCUT2D eigenvalue weighted by Gasteiger charge is 2.23. The monoisotopic (exact) mass is 479 g/mol. The lowest BCUT2D eigenvalue weighted by Crippen LogP contribution is -2.21. The van der Waals surface area contributed by atoms with Gasteiger partial charge in [-0.05, 0) is 61.0 Å². The molecule has 3 aromatic rings. The third-order valence-electron chi connectivity index (χ3n) is 4.25. The average molecular weight is 480 g/mol. The van der Waals surface area contributed by atoms with Gasteiger partial charge in [-0.25, -0.2) is 17.6 Å². The standard InChI is InChI=1S/C21H15ClFNO7S/c1-11-8-13(24-20(26)21(27)28)9-16(22)19(11)31-14-4-7-17(25)18(10-14)32(29,30)15-5-2-12(23)3-6-15/h2-10,25H,1H3,(H,24,26)(H,27,28). The van der Waals surface area contributed by atoms with Crippen LogP contribution in [0.25, 0.3) is 0 Å². The van der Waals surface area contributed by atoms with Crippen molar-refractivity contribution < 1.29 is 37.3 Å². The molecule has 0 aliphatic heterocycles. The molecular formula is C21H15ClFNO7S. The molecule has 11 heteroatoms. The lowest BCUT2D eigenvalue weighted by molar-refractivity contribution is -0.147. The van der Waals surface area contributed by atoms with Gasteiger partial charge in [-0.3, -0.25) is 4.79 Å². The molecule has 0 aliphatic carbocycles. The van der Waals surface area contributed by atoms with Crippen LogP contribution >= 0.6 is 11.6 Å². The van der Waals surface area contributed by atoms with Gasteiger partial charge in [0.2, 0.25) is 9.84 Å². The van der Waals surface area contributed by atoms with E-state index in [4.69, 9.17) is 21.4 Å². The molecule has 166 valence electrons. The van der Waals surface area contributed by atoms with E-state index in [1.807, 2.05) is 0 Å². The molecule has 0 aromatic heterocycles. The normalized spacial score (nSPS) is 11.1. The van der Waals surface area contributed by atoms with Gasteiger partial charge in [0.05, 0.1) is 9.92 Å². The molecule has 0 radical (unpaired) electrons. The molecule has 0 saturated carbocycles. The van der Waals surface area contributed by atoms with Crippen LogP contribution in [0.1, 0.15) is 5.56 Å². The number of benzene rings is 3. The highest BCUT2D eigenvalue weighted by Crippen LogP contribution is 2.38. The molecule has 0 fully saturated rings. The van der Waals surface area contributed by atoms with Gasteiger partial charge >= 0.3 is 11.9 Å². The van der Waals surface area contributed by atoms with Crippen molar-refractivity contribution in [1.82, 2.24) is 0 Å². The van der Waals surface area contributed by atoms with Crippen LogP contribution in [-0.2, 0) is 19.4 Å². The van der Waals surface area contributed by atoms with Crippen molar-refractivity contribution in [3.8, 4) is 17.2 Å². The Bertz CT molecular complexity index is 1300. The molecule has 0 heterocycles. The number of sulfone groups is 1. The highest BCUT2D eigenvalue weighted by molar-refractivity contribution is 7.91. The van der Waals surface area contributed by atoms with Crippen LogP contribution in [0.3, 0.4) is 0 Å². The number of amides is 1. The van der Waals surface area contributed by atoms with E-state index >= 15 is 0 Å². The summed E-state index contributed by atoms with van der Waals surface area (Å²) in [5, 5.41) is 21.0. The van der Waals surface area contributed by atoms with Crippen LogP contribution in [0.5, 0.6) is 17.2 Å². The Morgan fingerprint density at radius 3 is 2.31 bits per heavy atom. The first kappa shape index (κ1) is 23.0. The SMILES string of the molecule is Cc1cc(NC(=O)C(=O)O)cc(Cl)c1Oc1ccc(O)c(S(=O)(=O)c2ccc(F)cc2)c1. The molecule has 0 unspecified atom stereocenters. The van der Waals surface area contributed by atoms with Gasteiger partial charge in [0, 0.05) is 11.8 Å². The molecule has 0 spiro atoms. The molecule has 0 saturated heterocycles. The molecule has 8 nitrogen and oxygen atoms in total. The number of halogens is 2. The summed E-state index contributed by atoms with van der Waals surface area (Å²) in [7, 11) is -4.18. The lowest BCUT2D eigenvalue weighted by atomic mass is 10.2. The van der Waals surface area contributed by atoms with Crippen molar-refractivity contribution >= 4 is 39.0 Å². The lowest BCUT2D eigenvalue weighted by Gasteiger charge is -2.14. The number of phenols is 1. The van der Waals surface area contributed by atoms with Crippen molar-refractivity contribution in [2.45, 2.75) is 16.7 Å². The number of aromatic hydroxyl groups is 1. The molecule has 3 rings (SSSR count). The number of hydrogen-bond donors (Lipinski definition) is 3. The van der Waals surface area contributed by atoms with Gasteiger partial charge in [0.15, 0.2) is 0 Å². The fraction of sp³-hybridized carbons (Fsp3) is 0.0476. The van der Waals surface area contributed by atoms with Crippen LogP contribution in [0.2, 0.25) is 5.02 Å². The van der Waals surface area contributed by atoms with Gasteiger partial charge in [-0.15, -0.1) is 0 Å². The molecular weight excluding hydrogens is 465 g/mol. The highest BCUT2D eigenvalue weighted by atomic mass is 35.5. The first-order valence-corrected chi connectivity index (χ1v) is 10.7. The van der Waals surface area contributed by atoms with Crippen LogP contribution in [0.15, 0.2) is 64.4 Å². The van der Waals surface area contributed by atoms with E-state index in [0.717, 1.165) is 36.4 Å². The zero-order valence-electron chi connectivity index (χ0n) is 16.3. The summed E-state index contributed by atoms with van der Waals surface area (Å²) in [5.74, 6) is -3.91. The number of rotatable bonds is 5. The first-order chi connectivity index (χ1) is 15.0. The molecule has 3 N–H and O–H groups in total. The summed E-state index contributed by atoms with van der Waals surface area (Å²) in [6.45, 7) is 1.58. The quantitative estimate of drug-likeness (QED) is 0.370. The maximum Gasteiger partial charge on any atom is 0.394 e. The summed E-state index contributed by atoms with van der Waals surface area (Å²) < 4.78 is 44.6. The van der Waals surface area contributed by atoms with Crippen molar-refractivity contribution in [2.24, 2.45) is 0 Å². The van der Waals surface area contributed by atoms with Gasteiger partial charge in [0.25, 0.3) is 0 Å². The minimum atomic E-state index is -4.18. The Kier molecular flexibility index (Phi) is 6.37. The maximum absolute atomic E-state index is 13.1. The second kappa shape index (κ2) is 8.85. The number of hydrogen-bond acceptors (Lipinski definition) is 6. The summed E-state index contributed by atoms with van der Waals surface area (Å²) in [5.41, 5.74) is 0.534. The zero-order valence-corrected chi connectivity index (χ0v) is 17.9. The minimum Gasteiger partial charge on any atom is -0.507 e. The fourth-order valence-corrected chi connectivity index (χ4v) is 4.42. The summed E-state index contributed by atoms with van der Waals surface area (Å²) >= 11 is 6.19. The van der Waals surface area contributed by atoms with Gasteiger partial charge in [0.1, 0.15) is 28.0 Å². The Morgan fingerprint density at radius 1 is 1.06 bits per heavy atom. The van der Waals surface area contributed by atoms with Crippen LogP contribution < -0.4 is 10.1 Å². The molecule has 0 atom stereocenters. The van der Waals surface area contributed by atoms with Crippen molar-refractivity contribution in [1.29, 1.82) is 0 Å². The third-order valence-corrected chi connectivity index (χ3v) is 6.33. The number of nitrogens with one attached hydrogen (secondary N) is 1. The van der Waals surface area contributed by atoms with Gasteiger partial charge < -0.3 is 20.3 Å². The van der Waals surface area contributed by atoms with E-state index < -0.39 is 38.2 Å². The number of aryl methyl sites for hydroxylation is 1. The number of aliphatic carboxylic acids is 1. The second-order valence-corrected chi connectivity index (χ2v) is 8.88. The number of ether oxygens (including phenoxy) is 1. The largest absolute Gasteiger partial charge is 0.507 e. The predicted molar refractivity (Wildman–Crippen MR) is 112 cm³/mol. The zero-order chi connectivity index (χ0) is 23.6. The fourth-order valence-electron chi connectivity index (χ4n) is 2.75. The van der Waals surface area contributed by atoms with E-state index in [2.05, 4.69) is 5.32 Å². The Balaban J connectivity index is 1.95. The Labute approximate surface area is 186 Å². The predicted octanol–water partition coefficient (Wildman–Crippen LogP) is 4.14. The van der Waals surface area contributed by atoms with Crippen LogP contribution in [0.4, 0.5) is 10.1 Å². The smallest absolute Gasteiger partial charge is 0.394 e. The Hall–Kier alpha value is -3.63. The first-order valence-electron chi connectivity index (χ1n) is 8.85. The van der Waals surface area contributed by atoms with E-state index in [9.17, 15) is 27.5 Å². The summed E-state index contributed by atoms with van der Waals surface area (Å²) in [4.78, 5) is 21.3. The third kappa shape index (κ3) is 4.82. The topological polar surface area (TPSA) is 130 Å². The number of carboxylic acids is 1. The second-order valence-electron chi connectivity index (χ2n) is 6.55. The summed E-state index contributed by atoms with van der Waals surface area (Å²) in [6, 6.07) is 10.3. The van der Waals surface area contributed by atoms with Crippen molar-refractivity contribution in [3.05, 3.63) is 71.0 Å². The van der Waals surface area contributed by atoms with E-state index in [0.29, 0.717) is 5.56 Å². The van der Waals surface area contributed by atoms with E-state index in [1.54, 1.807) is 6.92 Å². The molecule has 0 bridgehead atoms. The molecule has 1 amide bonds. The molecule has 3 aromatic carbocycles. The number of carboxylic acid groups (broad SMARTS) is 1. The van der Waals surface area contributed by atoms with Crippen molar-refractivity contribution in [3.63, 3.8) is 0 Å². The van der Waals surface area contributed by atoms with Crippen LogP contribution in [-0.4, -0.2) is 30.5 Å². The number of phenolic OH excluding ortho intramolecular Hbond substituents is 1. The van der Waals surface area contributed by atoms with Crippen molar-refractivity contribution in [2.75, 3.05) is 5.32 Å².